The van der Waals surface area contributed by atoms with Crippen LogP contribution in [0.1, 0.15) is 43.1 Å². The second kappa shape index (κ2) is 4.19. The monoisotopic (exact) mass is 309 g/mol. The molecule has 0 amide bonds. The molecule has 0 bridgehead atoms. The summed E-state index contributed by atoms with van der Waals surface area (Å²) in [5.41, 5.74) is 1.69. The highest BCUT2D eigenvalue weighted by atomic mass is 16.5. The smallest absolute Gasteiger partial charge is 0.319 e. The van der Waals surface area contributed by atoms with E-state index in [-0.39, 0.29) is 17.7 Å². The maximum Gasteiger partial charge on any atom is 0.319 e. The van der Waals surface area contributed by atoms with Crippen LogP contribution in [0, 0.1) is 0 Å². The highest BCUT2D eigenvalue weighted by Crippen LogP contribution is 2.40. The molecular formula is C18H15NO4. The van der Waals surface area contributed by atoms with Crippen molar-refractivity contribution >= 4 is 28.2 Å². The van der Waals surface area contributed by atoms with Crippen molar-refractivity contribution in [3.63, 3.8) is 0 Å². The molecule has 1 aromatic heterocycles. The number of pyridine rings is 1. The van der Waals surface area contributed by atoms with Crippen LogP contribution in [0.3, 0.4) is 0 Å². The Morgan fingerprint density at radius 3 is 2.65 bits per heavy atom. The van der Waals surface area contributed by atoms with Crippen LogP contribution in [0.25, 0.3) is 16.5 Å². The van der Waals surface area contributed by atoms with E-state index < -0.39 is 22.9 Å². The van der Waals surface area contributed by atoms with E-state index in [0.29, 0.717) is 10.9 Å². The van der Waals surface area contributed by atoms with Crippen molar-refractivity contribution in [3.8, 4) is 5.75 Å². The number of allylic oxidation sites excluding steroid dienone is 2. The van der Waals surface area contributed by atoms with Gasteiger partial charge in [-0.2, -0.15) is 0 Å². The van der Waals surface area contributed by atoms with Crippen LogP contribution in [0.15, 0.2) is 29.1 Å². The number of benzene rings is 1. The number of carbonyl (C=O) groups excluding carboxylic acids is 2. The van der Waals surface area contributed by atoms with E-state index in [0.717, 1.165) is 11.1 Å². The molecule has 5 heteroatoms. The Labute approximate surface area is 132 Å². The van der Waals surface area contributed by atoms with E-state index >= 15 is 0 Å². The molecule has 0 atom stereocenters. The number of esters is 1. The highest BCUT2D eigenvalue weighted by molar-refractivity contribution is 6.14. The van der Waals surface area contributed by atoms with Crippen LogP contribution in [-0.4, -0.2) is 16.3 Å². The number of hydrogen-bond acceptors (Lipinski definition) is 4. The fourth-order valence-electron chi connectivity index (χ4n) is 3.67. The largest absolute Gasteiger partial charge is 0.424 e. The maximum atomic E-state index is 13.0. The van der Waals surface area contributed by atoms with Crippen LogP contribution >= 0.6 is 0 Å². The predicted octanol–water partition coefficient (Wildman–Crippen LogP) is 2.65. The standard InChI is InChI=1S/C18H15NO4/c1-9-8-18(2,3)19-15-10(9)5-4-6-11(15)16-14(17(19)22)12(20)7-13(21)23-16/h4-6,8H,7H2,1-3H3. The Hall–Kier alpha value is -2.69. The number of carbonyl (C=O) groups is 2. The number of nitrogens with zero attached hydrogens (tertiary/aromatic N) is 1. The van der Waals surface area contributed by atoms with Crippen molar-refractivity contribution < 1.29 is 14.3 Å². The first kappa shape index (κ1) is 13.9. The molecule has 2 aliphatic rings. The fourth-order valence-corrected chi connectivity index (χ4v) is 3.67. The summed E-state index contributed by atoms with van der Waals surface area (Å²) in [6, 6.07) is 5.56. The number of ether oxygens (including phenoxy) is 1. The third-order valence-electron chi connectivity index (χ3n) is 4.52. The summed E-state index contributed by atoms with van der Waals surface area (Å²) in [6.07, 6.45) is 1.63. The van der Waals surface area contributed by atoms with Crippen molar-refractivity contribution in [1.82, 2.24) is 4.57 Å². The Balaban J connectivity index is 2.29. The number of para-hydroxylation sites is 1. The van der Waals surface area contributed by atoms with Crippen LogP contribution in [0.2, 0.25) is 0 Å². The van der Waals surface area contributed by atoms with Gasteiger partial charge in [-0.15, -0.1) is 0 Å². The van der Waals surface area contributed by atoms with Gasteiger partial charge in [0, 0.05) is 10.9 Å². The Bertz CT molecular complexity index is 1010. The molecule has 4 rings (SSSR count). The first-order valence-electron chi connectivity index (χ1n) is 7.47. The van der Waals surface area contributed by atoms with E-state index in [1.807, 2.05) is 39.0 Å². The fraction of sp³-hybridized carbons (Fsp3) is 0.278. The second-order valence-corrected chi connectivity index (χ2v) is 6.60. The minimum Gasteiger partial charge on any atom is -0.424 e. The van der Waals surface area contributed by atoms with Gasteiger partial charge < -0.3 is 4.74 Å². The molecule has 2 aliphatic heterocycles. The van der Waals surface area contributed by atoms with E-state index in [1.54, 1.807) is 10.6 Å². The lowest BCUT2D eigenvalue weighted by molar-refractivity contribution is -0.133. The van der Waals surface area contributed by atoms with Crippen LogP contribution in [-0.2, 0) is 10.3 Å². The van der Waals surface area contributed by atoms with Gasteiger partial charge in [0.15, 0.2) is 11.5 Å². The van der Waals surface area contributed by atoms with Crippen LogP contribution in [0.5, 0.6) is 5.75 Å². The van der Waals surface area contributed by atoms with Gasteiger partial charge in [-0.3, -0.25) is 19.0 Å². The second-order valence-electron chi connectivity index (χ2n) is 6.60. The van der Waals surface area contributed by atoms with Gasteiger partial charge in [-0.1, -0.05) is 18.2 Å². The normalized spacial score (nSPS) is 18.5. The van der Waals surface area contributed by atoms with Crippen molar-refractivity contribution in [3.05, 3.63) is 45.8 Å². The van der Waals surface area contributed by atoms with Gasteiger partial charge in [-0.05, 0) is 32.4 Å². The van der Waals surface area contributed by atoms with E-state index in [9.17, 15) is 14.4 Å². The zero-order chi connectivity index (χ0) is 16.5. The van der Waals surface area contributed by atoms with Crippen molar-refractivity contribution in [1.29, 1.82) is 0 Å². The number of fused-ring (bicyclic) bond motifs is 2. The van der Waals surface area contributed by atoms with Crippen molar-refractivity contribution in [2.75, 3.05) is 0 Å². The topological polar surface area (TPSA) is 65.4 Å². The summed E-state index contributed by atoms with van der Waals surface area (Å²) in [4.78, 5) is 37.0. The molecule has 0 fully saturated rings. The van der Waals surface area contributed by atoms with E-state index in [1.165, 1.54) is 0 Å². The average molecular weight is 309 g/mol. The predicted molar refractivity (Wildman–Crippen MR) is 85.8 cm³/mol. The van der Waals surface area contributed by atoms with Gasteiger partial charge >= 0.3 is 5.97 Å². The lowest BCUT2D eigenvalue weighted by atomic mass is 9.88. The SMILES string of the molecule is CC1=CC(C)(C)n2c(=O)c3c(c4cccc1c42)OC(=O)CC3=O. The van der Waals surface area contributed by atoms with Crippen molar-refractivity contribution in [2.45, 2.75) is 32.7 Å². The summed E-state index contributed by atoms with van der Waals surface area (Å²) < 4.78 is 6.93. The molecule has 3 heterocycles. The Morgan fingerprint density at radius 1 is 1.17 bits per heavy atom. The molecule has 5 nitrogen and oxygen atoms in total. The molecular weight excluding hydrogens is 294 g/mol. The molecule has 0 saturated heterocycles. The molecule has 0 radical (unpaired) electrons. The Kier molecular flexibility index (Phi) is 2.54. The van der Waals surface area contributed by atoms with E-state index in [2.05, 4.69) is 0 Å². The molecule has 116 valence electrons. The quantitative estimate of drug-likeness (QED) is 0.554. The van der Waals surface area contributed by atoms with Crippen LogP contribution < -0.4 is 10.3 Å². The number of hydrogen-bond donors (Lipinski definition) is 0. The van der Waals surface area contributed by atoms with Gasteiger partial charge in [0.1, 0.15) is 12.0 Å². The maximum absolute atomic E-state index is 13.0. The first-order valence-corrected chi connectivity index (χ1v) is 7.47. The molecule has 0 spiro atoms. The number of ketones is 1. The summed E-state index contributed by atoms with van der Waals surface area (Å²) in [5.74, 6) is -0.982. The van der Waals surface area contributed by atoms with Gasteiger partial charge in [0.05, 0.1) is 11.1 Å². The number of Topliss-reactive ketones (excluding diaryl/α,β-unsaturated/α-hetero) is 1. The summed E-state index contributed by atoms with van der Waals surface area (Å²) in [5, 5.41) is 0.624. The van der Waals surface area contributed by atoms with Gasteiger partial charge in [-0.25, -0.2) is 0 Å². The average Bonchev–Trinajstić information content (AvgIpc) is 2.44. The minimum absolute atomic E-state index is 0.0183. The third kappa shape index (κ3) is 1.70. The third-order valence-corrected chi connectivity index (χ3v) is 4.52. The summed E-state index contributed by atoms with van der Waals surface area (Å²) >= 11 is 0. The molecule has 0 N–H and O–H groups in total. The molecule has 0 saturated carbocycles. The van der Waals surface area contributed by atoms with Crippen LogP contribution in [0.4, 0.5) is 0 Å². The summed E-state index contributed by atoms with van der Waals surface area (Å²) in [7, 11) is 0. The Morgan fingerprint density at radius 2 is 1.91 bits per heavy atom. The zero-order valence-electron chi connectivity index (χ0n) is 13.1. The first-order chi connectivity index (χ1) is 10.8. The molecule has 2 aromatic rings. The minimum atomic E-state index is -0.616. The number of aromatic nitrogens is 1. The molecule has 0 aliphatic carbocycles. The molecule has 23 heavy (non-hydrogen) atoms. The number of rotatable bonds is 0. The lowest BCUT2D eigenvalue weighted by Crippen LogP contribution is -2.41. The highest BCUT2D eigenvalue weighted by Gasteiger charge is 2.36. The lowest BCUT2D eigenvalue weighted by Gasteiger charge is -2.33. The van der Waals surface area contributed by atoms with Gasteiger partial charge in [0.2, 0.25) is 0 Å². The zero-order valence-corrected chi connectivity index (χ0v) is 13.1. The molecule has 0 unspecified atom stereocenters. The summed E-state index contributed by atoms with van der Waals surface area (Å²) in [6.45, 7) is 5.85. The van der Waals surface area contributed by atoms with Gasteiger partial charge in [0.25, 0.3) is 5.56 Å². The molecule has 1 aromatic carbocycles. The van der Waals surface area contributed by atoms with E-state index in [4.69, 9.17) is 4.74 Å². The van der Waals surface area contributed by atoms with Crippen molar-refractivity contribution in [2.24, 2.45) is 0 Å².